The van der Waals surface area contributed by atoms with Crippen molar-refractivity contribution in [1.29, 1.82) is 0 Å². The highest BCUT2D eigenvalue weighted by Crippen LogP contribution is 2.32. The van der Waals surface area contributed by atoms with Gasteiger partial charge >= 0.3 is 6.09 Å². The van der Waals surface area contributed by atoms with Gasteiger partial charge in [0, 0.05) is 42.0 Å². The predicted molar refractivity (Wildman–Crippen MR) is 137 cm³/mol. The number of rotatable bonds is 4. The topological polar surface area (TPSA) is 102 Å². The van der Waals surface area contributed by atoms with Crippen molar-refractivity contribution in [2.45, 2.75) is 38.8 Å². The fourth-order valence-electron chi connectivity index (χ4n) is 4.32. The van der Waals surface area contributed by atoms with Crippen LogP contribution >= 0.6 is 0 Å². The molecule has 1 saturated heterocycles. The molecular formula is C27H28N6O3. The molecule has 3 aromatic heterocycles. The number of carbonyl (C=O) groups is 2. The summed E-state index contributed by atoms with van der Waals surface area (Å²) in [5.41, 5.74) is 2.54. The molecule has 0 aliphatic carbocycles. The monoisotopic (exact) mass is 484 g/mol. The minimum absolute atomic E-state index is 0.0152. The molecule has 1 aromatic carbocycles. The maximum atomic E-state index is 12.6. The van der Waals surface area contributed by atoms with Crippen LogP contribution < -0.4 is 5.32 Å². The maximum absolute atomic E-state index is 12.6. The molecule has 9 heteroatoms. The summed E-state index contributed by atoms with van der Waals surface area (Å²) in [6.45, 7) is 6.73. The summed E-state index contributed by atoms with van der Waals surface area (Å²) in [5.74, 6) is 0.267. The Morgan fingerprint density at radius 1 is 1.03 bits per heavy atom. The molecule has 0 spiro atoms. The van der Waals surface area contributed by atoms with Gasteiger partial charge in [-0.3, -0.25) is 14.5 Å². The van der Waals surface area contributed by atoms with Crippen LogP contribution in [0.5, 0.6) is 0 Å². The number of hydrogen-bond donors (Lipinski definition) is 1. The number of nitrogens with one attached hydrogen (secondary N) is 1. The van der Waals surface area contributed by atoms with Gasteiger partial charge in [-0.2, -0.15) is 5.10 Å². The lowest BCUT2D eigenvalue weighted by Crippen LogP contribution is -2.35. The van der Waals surface area contributed by atoms with Crippen LogP contribution in [-0.2, 0) is 4.74 Å². The van der Waals surface area contributed by atoms with E-state index < -0.39 is 5.60 Å². The summed E-state index contributed by atoms with van der Waals surface area (Å²) in [6, 6.07) is 14.6. The van der Waals surface area contributed by atoms with E-state index in [4.69, 9.17) is 4.74 Å². The summed E-state index contributed by atoms with van der Waals surface area (Å²) in [6.07, 6.45) is 5.68. The van der Waals surface area contributed by atoms with Gasteiger partial charge in [0.25, 0.3) is 5.91 Å². The van der Waals surface area contributed by atoms with Crippen molar-refractivity contribution < 1.29 is 14.3 Å². The Hall–Kier alpha value is -4.27. The number of carbonyl (C=O) groups excluding carboxylic acids is 2. The second kappa shape index (κ2) is 9.41. The lowest BCUT2D eigenvalue weighted by Gasteiger charge is -2.24. The van der Waals surface area contributed by atoms with E-state index in [1.54, 1.807) is 41.6 Å². The van der Waals surface area contributed by atoms with Gasteiger partial charge in [-0.1, -0.05) is 18.2 Å². The number of ether oxygens (including phenoxy) is 1. The van der Waals surface area contributed by atoms with Gasteiger partial charge in [0.15, 0.2) is 0 Å². The molecule has 1 N–H and O–H groups in total. The zero-order chi connectivity index (χ0) is 25.3. The van der Waals surface area contributed by atoms with Crippen LogP contribution in [0, 0.1) is 0 Å². The number of aromatic nitrogens is 4. The molecule has 2 amide bonds. The van der Waals surface area contributed by atoms with E-state index in [0.29, 0.717) is 24.5 Å². The number of benzene rings is 1. The Labute approximate surface area is 209 Å². The highest BCUT2D eigenvalue weighted by molar-refractivity contribution is 6.04. The molecule has 184 valence electrons. The Morgan fingerprint density at radius 2 is 1.83 bits per heavy atom. The van der Waals surface area contributed by atoms with E-state index in [9.17, 15) is 9.59 Å². The molecule has 0 bridgehead atoms. The van der Waals surface area contributed by atoms with Gasteiger partial charge < -0.3 is 15.0 Å². The van der Waals surface area contributed by atoms with Gasteiger partial charge in [0.2, 0.25) is 0 Å². The van der Waals surface area contributed by atoms with Gasteiger partial charge in [-0.05, 0) is 57.5 Å². The van der Waals surface area contributed by atoms with E-state index in [-0.39, 0.29) is 18.0 Å². The van der Waals surface area contributed by atoms with E-state index in [2.05, 4.69) is 20.4 Å². The zero-order valence-corrected chi connectivity index (χ0v) is 20.5. The number of anilines is 1. The summed E-state index contributed by atoms with van der Waals surface area (Å²) >= 11 is 0. The van der Waals surface area contributed by atoms with Gasteiger partial charge in [-0.15, -0.1) is 0 Å². The molecule has 0 saturated carbocycles. The molecule has 1 aliphatic rings. The summed E-state index contributed by atoms with van der Waals surface area (Å²) in [4.78, 5) is 35.7. The summed E-state index contributed by atoms with van der Waals surface area (Å²) < 4.78 is 7.51. The number of nitrogens with zero attached hydrogens (tertiary/aromatic N) is 5. The van der Waals surface area contributed by atoms with Crippen molar-refractivity contribution in [1.82, 2.24) is 24.6 Å². The molecule has 1 atom stereocenters. The third-order valence-corrected chi connectivity index (χ3v) is 5.99. The third-order valence-electron chi connectivity index (χ3n) is 5.99. The van der Waals surface area contributed by atoms with Gasteiger partial charge in [0.1, 0.15) is 11.4 Å². The molecule has 5 rings (SSSR count). The maximum Gasteiger partial charge on any atom is 0.410 e. The molecular weight excluding hydrogens is 456 g/mol. The van der Waals surface area contributed by atoms with Crippen molar-refractivity contribution in [2.75, 3.05) is 18.4 Å². The molecule has 0 radical (unpaired) electrons. The number of hydrogen-bond acceptors (Lipinski definition) is 6. The Kier molecular flexibility index (Phi) is 6.13. The van der Waals surface area contributed by atoms with Crippen molar-refractivity contribution in [2.24, 2.45) is 0 Å². The molecule has 1 fully saturated rings. The third kappa shape index (κ3) is 4.91. The summed E-state index contributed by atoms with van der Waals surface area (Å²) in [7, 11) is 0. The zero-order valence-electron chi connectivity index (χ0n) is 20.5. The lowest BCUT2D eigenvalue weighted by molar-refractivity contribution is 0.0288. The van der Waals surface area contributed by atoms with E-state index in [1.807, 2.05) is 55.9 Å². The number of amides is 2. The van der Waals surface area contributed by atoms with Crippen LogP contribution in [0.2, 0.25) is 0 Å². The fraction of sp³-hybridized carbons (Fsp3) is 0.296. The molecule has 4 heterocycles. The number of pyridine rings is 2. The average Bonchev–Trinajstić information content (AvgIpc) is 3.51. The predicted octanol–water partition coefficient (Wildman–Crippen LogP) is 4.93. The lowest BCUT2D eigenvalue weighted by atomic mass is 10.1. The number of fused-ring (bicyclic) bond motifs is 1. The second-order valence-corrected chi connectivity index (χ2v) is 9.80. The summed E-state index contributed by atoms with van der Waals surface area (Å²) in [5, 5.41) is 8.41. The van der Waals surface area contributed by atoms with Crippen molar-refractivity contribution in [3.8, 4) is 11.3 Å². The smallest absolute Gasteiger partial charge is 0.410 e. The molecule has 1 aliphatic heterocycles. The van der Waals surface area contributed by atoms with Crippen LogP contribution in [0.1, 0.15) is 43.6 Å². The first-order valence-corrected chi connectivity index (χ1v) is 11.9. The van der Waals surface area contributed by atoms with E-state index in [1.165, 1.54) is 0 Å². The Balaban J connectivity index is 1.38. The minimum atomic E-state index is -0.536. The quantitative estimate of drug-likeness (QED) is 0.441. The van der Waals surface area contributed by atoms with Crippen molar-refractivity contribution in [3.05, 3.63) is 72.7 Å². The van der Waals surface area contributed by atoms with Gasteiger partial charge in [0.05, 0.1) is 23.4 Å². The van der Waals surface area contributed by atoms with Crippen LogP contribution in [0.4, 0.5) is 10.6 Å². The van der Waals surface area contributed by atoms with E-state index >= 15 is 0 Å². The first-order valence-electron chi connectivity index (χ1n) is 11.9. The molecule has 36 heavy (non-hydrogen) atoms. The largest absolute Gasteiger partial charge is 0.444 e. The van der Waals surface area contributed by atoms with Crippen LogP contribution in [0.3, 0.4) is 0 Å². The second-order valence-electron chi connectivity index (χ2n) is 9.80. The van der Waals surface area contributed by atoms with Crippen LogP contribution in [0.15, 0.2) is 67.1 Å². The van der Waals surface area contributed by atoms with Crippen molar-refractivity contribution >= 4 is 28.7 Å². The normalized spacial score (nSPS) is 15.8. The highest BCUT2D eigenvalue weighted by atomic mass is 16.6. The van der Waals surface area contributed by atoms with Crippen molar-refractivity contribution in [3.63, 3.8) is 0 Å². The molecule has 1 unspecified atom stereocenters. The van der Waals surface area contributed by atoms with E-state index in [0.717, 1.165) is 28.6 Å². The SMILES string of the molecule is CC(C)(C)OC(=O)N1CCC(n2ncc3ccnc(-c4ccc(C(=O)Nc5ccccn5)cc4)c32)C1. The first-order chi connectivity index (χ1) is 17.3. The standard InChI is InChI=1S/C27H28N6O3/c1-27(2,3)36-26(35)32-15-12-21(17-32)33-24-20(16-30-33)11-14-29-23(24)18-7-9-19(10-8-18)25(34)31-22-6-4-5-13-28-22/h4-11,13-14,16,21H,12,15,17H2,1-3H3,(H,28,31,34). The number of likely N-dealkylation sites (tertiary alicyclic amines) is 1. The molecule has 4 aromatic rings. The minimum Gasteiger partial charge on any atom is -0.444 e. The first kappa shape index (κ1) is 23.5. The van der Waals surface area contributed by atoms with Crippen LogP contribution in [0.25, 0.3) is 22.2 Å². The average molecular weight is 485 g/mol. The molecule has 9 nitrogen and oxygen atoms in total. The Bertz CT molecular complexity index is 1390. The fourth-order valence-corrected chi connectivity index (χ4v) is 4.32. The highest BCUT2D eigenvalue weighted by Gasteiger charge is 2.32. The van der Waals surface area contributed by atoms with Gasteiger partial charge in [-0.25, -0.2) is 9.78 Å². The Morgan fingerprint density at radius 3 is 2.56 bits per heavy atom. The van der Waals surface area contributed by atoms with Crippen LogP contribution in [-0.4, -0.2) is 55.3 Å².